The fourth-order valence-corrected chi connectivity index (χ4v) is 1.50. The molecule has 2 aromatic rings. The second-order valence-corrected chi connectivity index (χ2v) is 3.55. The van der Waals surface area contributed by atoms with E-state index in [2.05, 4.69) is 24.3 Å². The summed E-state index contributed by atoms with van der Waals surface area (Å²) in [6.45, 7) is 2.34. The van der Waals surface area contributed by atoms with Crippen molar-refractivity contribution < 1.29 is 4.79 Å². The van der Waals surface area contributed by atoms with Crippen LogP contribution in [0, 0.1) is 6.92 Å². The molecule has 15 heavy (non-hydrogen) atoms. The molecule has 0 aromatic carbocycles. The monoisotopic (exact) mass is 223 g/mol. The summed E-state index contributed by atoms with van der Waals surface area (Å²) in [4.78, 5) is 11.5. The molecule has 0 fully saturated rings. The Balaban J connectivity index is 1.95. The van der Waals surface area contributed by atoms with Crippen LogP contribution in [-0.2, 0) is 6.54 Å². The van der Waals surface area contributed by atoms with Crippen molar-refractivity contribution in [1.82, 2.24) is 24.3 Å². The van der Waals surface area contributed by atoms with Crippen LogP contribution in [0.1, 0.15) is 21.7 Å². The van der Waals surface area contributed by atoms with Crippen LogP contribution in [0.2, 0.25) is 0 Å². The number of H-pyrrole nitrogens is 1. The Morgan fingerprint density at radius 1 is 1.60 bits per heavy atom. The molecule has 0 radical (unpaired) electrons. The number of carbonyl (C=O) groups is 1. The van der Waals surface area contributed by atoms with Crippen LogP contribution in [0.25, 0.3) is 0 Å². The second kappa shape index (κ2) is 4.18. The summed E-state index contributed by atoms with van der Waals surface area (Å²) in [5.74, 6) is -0.218. The van der Waals surface area contributed by atoms with Crippen LogP contribution in [0.5, 0.6) is 0 Å². The zero-order valence-electron chi connectivity index (χ0n) is 8.02. The van der Waals surface area contributed by atoms with Gasteiger partial charge in [-0.05, 0) is 6.92 Å². The molecule has 6 nitrogen and oxygen atoms in total. The molecule has 78 valence electrons. The van der Waals surface area contributed by atoms with Crippen molar-refractivity contribution >= 4 is 17.6 Å². The largest absolute Gasteiger partial charge is 0.346 e. The van der Waals surface area contributed by atoms with Gasteiger partial charge < -0.3 is 5.32 Å². The first-order valence-corrected chi connectivity index (χ1v) is 5.05. The third kappa shape index (κ3) is 2.18. The highest BCUT2D eigenvalue weighted by Gasteiger charge is 2.08. The minimum absolute atomic E-state index is 0.218. The molecule has 0 bridgehead atoms. The van der Waals surface area contributed by atoms with E-state index in [9.17, 15) is 4.79 Å². The maximum Gasteiger partial charge on any atom is 0.272 e. The average molecular weight is 223 g/mol. The van der Waals surface area contributed by atoms with E-state index in [1.54, 1.807) is 6.20 Å². The highest BCUT2D eigenvalue weighted by atomic mass is 32.1. The smallest absolute Gasteiger partial charge is 0.272 e. The Hall–Kier alpha value is -1.76. The van der Waals surface area contributed by atoms with Crippen LogP contribution in [-0.4, -0.2) is 24.9 Å². The molecule has 0 aliphatic rings. The van der Waals surface area contributed by atoms with Crippen molar-refractivity contribution in [2.45, 2.75) is 13.5 Å². The van der Waals surface area contributed by atoms with E-state index < -0.39 is 0 Å². The summed E-state index contributed by atoms with van der Waals surface area (Å²) >= 11 is 1.02. The van der Waals surface area contributed by atoms with Crippen molar-refractivity contribution in [3.63, 3.8) is 0 Å². The Labute approximate surface area is 90.1 Å². The Kier molecular flexibility index (Phi) is 2.72. The highest BCUT2D eigenvalue weighted by molar-refractivity contribution is 6.99. The lowest BCUT2D eigenvalue weighted by atomic mass is 10.2. The number of amides is 1. The van der Waals surface area contributed by atoms with E-state index in [1.165, 1.54) is 6.20 Å². The summed E-state index contributed by atoms with van der Waals surface area (Å²) in [5.41, 5.74) is 2.26. The fraction of sp³-hybridized carbons (Fsp3) is 0.250. The molecule has 2 rings (SSSR count). The predicted molar refractivity (Wildman–Crippen MR) is 54.4 cm³/mol. The number of hydrogen-bond donors (Lipinski definition) is 2. The summed E-state index contributed by atoms with van der Waals surface area (Å²) in [7, 11) is 0. The zero-order chi connectivity index (χ0) is 10.7. The Bertz CT molecular complexity index is 449. The Morgan fingerprint density at radius 2 is 2.47 bits per heavy atom. The maximum atomic E-state index is 11.5. The normalized spacial score (nSPS) is 10.2. The van der Waals surface area contributed by atoms with Crippen molar-refractivity contribution in [3.8, 4) is 0 Å². The van der Waals surface area contributed by atoms with E-state index in [0.717, 1.165) is 23.0 Å². The van der Waals surface area contributed by atoms with Gasteiger partial charge in [-0.15, -0.1) is 0 Å². The molecule has 2 heterocycles. The number of nitrogens with one attached hydrogen (secondary N) is 2. The van der Waals surface area contributed by atoms with Crippen LogP contribution in [0.3, 0.4) is 0 Å². The number of rotatable bonds is 3. The number of aromatic amines is 1. The topological polar surface area (TPSA) is 83.6 Å². The summed E-state index contributed by atoms with van der Waals surface area (Å²) < 4.78 is 7.59. The first kappa shape index (κ1) is 9.78. The lowest BCUT2D eigenvalue weighted by molar-refractivity contribution is 0.0947. The number of carbonyl (C=O) groups excluding carboxylic acids is 1. The summed E-state index contributed by atoms with van der Waals surface area (Å²) in [5, 5.41) is 9.39. The molecule has 2 aromatic heterocycles. The van der Waals surface area contributed by atoms with Gasteiger partial charge >= 0.3 is 0 Å². The molecule has 0 atom stereocenters. The van der Waals surface area contributed by atoms with Crippen LogP contribution >= 0.6 is 11.7 Å². The van der Waals surface area contributed by atoms with Gasteiger partial charge in [0.25, 0.3) is 5.91 Å². The lowest BCUT2D eigenvalue weighted by Crippen LogP contribution is -2.23. The molecule has 0 saturated carbocycles. The standard InChI is InChI=1S/C8H9N5OS/c1-5-6(3-10-12-5)2-9-8(14)7-4-11-15-13-7/h3-4H,2H2,1H3,(H,9,14)(H,10,12). The maximum absolute atomic E-state index is 11.5. The third-order valence-corrected chi connectivity index (χ3v) is 2.45. The van der Waals surface area contributed by atoms with Crippen LogP contribution in [0.4, 0.5) is 0 Å². The molecule has 2 N–H and O–H groups in total. The molecule has 0 spiro atoms. The van der Waals surface area contributed by atoms with Gasteiger partial charge in [0.15, 0.2) is 5.69 Å². The third-order valence-electron chi connectivity index (χ3n) is 1.97. The Morgan fingerprint density at radius 3 is 3.07 bits per heavy atom. The summed E-state index contributed by atoms with van der Waals surface area (Å²) in [6.07, 6.45) is 3.14. The zero-order valence-corrected chi connectivity index (χ0v) is 8.84. The molecular weight excluding hydrogens is 214 g/mol. The van der Waals surface area contributed by atoms with Crippen molar-refractivity contribution in [2.75, 3.05) is 0 Å². The molecule has 0 saturated heterocycles. The van der Waals surface area contributed by atoms with Gasteiger partial charge in [0.1, 0.15) is 0 Å². The van der Waals surface area contributed by atoms with Crippen molar-refractivity contribution in [1.29, 1.82) is 0 Å². The highest BCUT2D eigenvalue weighted by Crippen LogP contribution is 2.02. The van der Waals surface area contributed by atoms with E-state index in [1.807, 2.05) is 6.92 Å². The first-order chi connectivity index (χ1) is 7.27. The molecule has 7 heteroatoms. The first-order valence-electron chi connectivity index (χ1n) is 4.32. The fourth-order valence-electron chi connectivity index (χ4n) is 1.08. The minimum atomic E-state index is -0.218. The number of aryl methyl sites for hydroxylation is 1. The van der Waals surface area contributed by atoms with E-state index >= 15 is 0 Å². The molecule has 1 amide bonds. The average Bonchev–Trinajstić information content (AvgIpc) is 2.85. The molecule has 0 aliphatic heterocycles. The van der Waals surface area contributed by atoms with Gasteiger partial charge in [-0.25, -0.2) is 0 Å². The van der Waals surface area contributed by atoms with E-state index in [-0.39, 0.29) is 5.91 Å². The van der Waals surface area contributed by atoms with Crippen LogP contribution in [0.15, 0.2) is 12.4 Å². The van der Waals surface area contributed by atoms with Gasteiger partial charge in [0.05, 0.1) is 24.1 Å². The van der Waals surface area contributed by atoms with Gasteiger partial charge in [0.2, 0.25) is 0 Å². The molecule has 0 unspecified atom stereocenters. The van der Waals surface area contributed by atoms with Gasteiger partial charge in [-0.3, -0.25) is 9.89 Å². The number of aromatic nitrogens is 4. The number of nitrogens with zero attached hydrogens (tertiary/aromatic N) is 3. The van der Waals surface area contributed by atoms with Crippen molar-refractivity contribution in [3.05, 3.63) is 29.3 Å². The quantitative estimate of drug-likeness (QED) is 0.793. The van der Waals surface area contributed by atoms with E-state index in [0.29, 0.717) is 12.2 Å². The molecule has 0 aliphatic carbocycles. The second-order valence-electron chi connectivity index (χ2n) is 3.00. The lowest BCUT2D eigenvalue weighted by Gasteiger charge is -2.00. The van der Waals surface area contributed by atoms with Crippen molar-refractivity contribution in [2.24, 2.45) is 0 Å². The SMILES string of the molecule is Cc1[nH]ncc1CNC(=O)c1cnsn1. The van der Waals surface area contributed by atoms with E-state index in [4.69, 9.17) is 0 Å². The molecular formula is C8H9N5OS. The number of hydrogen-bond acceptors (Lipinski definition) is 5. The minimum Gasteiger partial charge on any atom is -0.346 e. The van der Waals surface area contributed by atoms with Gasteiger partial charge in [-0.2, -0.15) is 13.8 Å². The van der Waals surface area contributed by atoms with Gasteiger partial charge in [-0.1, -0.05) is 0 Å². The van der Waals surface area contributed by atoms with Crippen LogP contribution < -0.4 is 5.32 Å². The summed E-state index contributed by atoms with van der Waals surface area (Å²) in [6, 6.07) is 0. The van der Waals surface area contributed by atoms with Gasteiger partial charge in [0, 0.05) is 17.8 Å². The predicted octanol–water partition coefficient (Wildman–Crippen LogP) is 0.500.